The Morgan fingerprint density at radius 3 is 1.93 bits per heavy atom. The van der Waals surface area contributed by atoms with E-state index >= 15 is 0 Å². The van der Waals surface area contributed by atoms with E-state index in [4.69, 9.17) is 28.4 Å². The highest BCUT2D eigenvalue weighted by Gasteiger charge is 2.50. The monoisotopic (exact) mass is 587 g/mol. The summed E-state index contributed by atoms with van der Waals surface area (Å²) in [5.74, 6) is -1.72. The zero-order valence-corrected chi connectivity index (χ0v) is 24.2. The molecule has 0 aromatic carbocycles. The molecule has 1 fully saturated rings. The lowest BCUT2D eigenvalue weighted by molar-refractivity contribution is -0.0655. The van der Waals surface area contributed by atoms with E-state index in [1.165, 1.54) is 6.92 Å². The van der Waals surface area contributed by atoms with E-state index in [2.05, 4.69) is 10.3 Å². The van der Waals surface area contributed by atoms with Crippen LogP contribution in [0, 0.1) is 5.82 Å². The number of hydrogen-bond acceptors (Lipinski definition) is 11. The number of unbranched alkanes of at least 4 members (excludes halogenated alkanes) is 6. The normalized spacial score (nSPS) is 19.8. The number of carbonyl (C=O) groups is 3. The van der Waals surface area contributed by atoms with Crippen LogP contribution in [0.5, 0.6) is 0 Å². The molecule has 1 saturated heterocycles. The molecule has 4 atom stereocenters. The zero-order valence-electron chi connectivity index (χ0n) is 24.2. The maximum atomic E-state index is 14.9. The molecule has 2 unspecified atom stereocenters. The lowest BCUT2D eigenvalue weighted by Gasteiger charge is -2.24. The van der Waals surface area contributed by atoms with Gasteiger partial charge in [-0.1, -0.05) is 59.3 Å². The topological polar surface area (TPSA) is 154 Å². The molecule has 2 heterocycles. The number of ether oxygens (including phenoxy) is 6. The lowest BCUT2D eigenvalue weighted by atomic mass is 10.1. The first-order chi connectivity index (χ1) is 19.7. The summed E-state index contributed by atoms with van der Waals surface area (Å²) in [4.78, 5) is 53.3. The SMILES string of the molecule is CCCCCOC(=O)Nc1nc(=O)n([C@@H]2O[C@H](C)C(OC(=O)OCCCCC)C2OC(=O)OCCCCC)cc1F. The van der Waals surface area contributed by atoms with Gasteiger partial charge in [0.15, 0.2) is 30.1 Å². The Morgan fingerprint density at radius 1 is 0.878 bits per heavy atom. The van der Waals surface area contributed by atoms with Gasteiger partial charge in [0.05, 0.1) is 32.1 Å². The van der Waals surface area contributed by atoms with Crippen molar-refractivity contribution in [3.05, 3.63) is 22.5 Å². The summed E-state index contributed by atoms with van der Waals surface area (Å²) in [7, 11) is 0. The highest BCUT2D eigenvalue weighted by Crippen LogP contribution is 2.34. The fraction of sp³-hybridized carbons (Fsp3) is 0.741. The maximum Gasteiger partial charge on any atom is 0.508 e. The summed E-state index contributed by atoms with van der Waals surface area (Å²) in [5, 5.41) is 2.10. The van der Waals surface area contributed by atoms with E-state index in [1.54, 1.807) is 0 Å². The minimum Gasteiger partial charge on any atom is -0.449 e. The Morgan fingerprint density at radius 2 is 1.39 bits per heavy atom. The van der Waals surface area contributed by atoms with Crippen molar-refractivity contribution in [1.82, 2.24) is 9.55 Å². The van der Waals surface area contributed by atoms with Crippen LogP contribution >= 0.6 is 0 Å². The number of carbonyl (C=O) groups excluding carboxylic acids is 3. The number of aromatic nitrogens is 2. The van der Waals surface area contributed by atoms with Gasteiger partial charge in [-0.3, -0.25) is 9.88 Å². The van der Waals surface area contributed by atoms with E-state index in [1.807, 2.05) is 20.8 Å². The van der Waals surface area contributed by atoms with Crippen LogP contribution in [0.1, 0.15) is 91.7 Å². The first kappa shape index (κ1) is 33.8. The van der Waals surface area contributed by atoms with Crippen LogP contribution < -0.4 is 11.0 Å². The van der Waals surface area contributed by atoms with Crippen LogP contribution in [0.2, 0.25) is 0 Å². The number of halogens is 1. The van der Waals surface area contributed by atoms with Gasteiger partial charge in [0.2, 0.25) is 0 Å². The molecule has 0 aliphatic carbocycles. The van der Waals surface area contributed by atoms with Crippen molar-refractivity contribution in [2.45, 2.75) is 110 Å². The van der Waals surface area contributed by atoms with Crippen molar-refractivity contribution in [3.63, 3.8) is 0 Å². The Kier molecular flexibility index (Phi) is 14.9. The smallest absolute Gasteiger partial charge is 0.449 e. The molecule has 0 saturated carbocycles. The van der Waals surface area contributed by atoms with Gasteiger partial charge in [-0.15, -0.1) is 0 Å². The van der Waals surface area contributed by atoms with Gasteiger partial charge in [0.25, 0.3) is 0 Å². The van der Waals surface area contributed by atoms with Gasteiger partial charge in [0.1, 0.15) is 0 Å². The first-order valence-corrected chi connectivity index (χ1v) is 14.3. The van der Waals surface area contributed by atoms with Crippen LogP contribution in [-0.2, 0) is 28.4 Å². The summed E-state index contributed by atoms with van der Waals surface area (Å²) in [6.45, 7) is 7.86. The molecule has 1 N–H and O–H groups in total. The third-order valence-corrected chi connectivity index (χ3v) is 6.20. The van der Waals surface area contributed by atoms with Gasteiger partial charge in [-0.05, 0) is 26.2 Å². The maximum absolute atomic E-state index is 14.9. The second-order valence-corrected chi connectivity index (χ2v) is 9.60. The molecule has 1 amide bonds. The van der Waals surface area contributed by atoms with Crippen molar-refractivity contribution in [2.75, 3.05) is 25.1 Å². The largest absolute Gasteiger partial charge is 0.508 e. The Balaban J connectivity index is 2.21. The second-order valence-electron chi connectivity index (χ2n) is 9.60. The van der Waals surface area contributed by atoms with Crippen LogP contribution in [0.25, 0.3) is 0 Å². The van der Waals surface area contributed by atoms with Crippen molar-refractivity contribution in [3.8, 4) is 0 Å². The predicted octanol–water partition coefficient (Wildman–Crippen LogP) is 5.46. The van der Waals surface area contributed by atoms with Crippen LogP contribution in [0.4, 0.5) is 24.6 Å². The summed E-state index contributed by atoms with van der Waals surface area (Å²) in [6.07, 6.45) is -0.0693. The molecule has 1 aromatic rings. The van der Waals surface area contributed by atoms with Gasteiger partial charge in [-0.2, -0.15) is 4.98 Å². The highest BCUT2D eigenvalue weighted by atomic mass is 19.1. The highest BCUT2D eigenvalue weighted by molar-refractivity contribution is 5.83. The van der Waals surface area contributed by atoms with Crippen molar-refractivity contribution >= 4 is 24.2 Å². The number of rotatable bonds is 16. The molecule has 0 spiro atoms. The van der Waals surface area contributed by atoms with E-state index in [-0.39, 0.29) is 19.8 Å². The Hall–Kier alpha value is -3.42. The van der Waals surface area contributed by atoms with Gasteiger partial charge in [0, 0.05) is 0 Å². The molecule has 0 bridgehead atoms. The number of amides is 1. The molecule has 14 heteroatoms. The zero-order chi connectivity index (χ0) is 30.2. The number of anilines is 1. The molecule has 2 rings (SSSR count). The third-order valence-electron chi connectivity index (χ3n) is 6.20. The minimum absolute atomic E-state index is 0.0938. The number of nitrogens with one attached hydrogen (secondary N) is 1. The molecule has 232 valence electrons. The van der Waals surface area contributed by atoms with Crippen LogP contribution in [-0.4, -0.2) is 66.1 Å². The standard InChI is InChI=1S/C27H42FN3O10/c1-5-8-11-14-36-25(33)30-22-19(28)17-31(24(32)29-22)23-21(41-27(35)38-16-13-10-7-3)20(18(4)39-23)40-26(34)37-15-12-9-6-2/h17-18,20-21,23H,5-16H2,1-4H3,(H,29,30,32,33)/t18-,20?,21?,23-/m1/s1. The molecule has 41 heavy (non-hydrogen) atoms. The van der Waals surface area contributed by atoms with Crippen LogP contribution in [0.3, 0.4) is 0 Å². The van der Waals surface area contributed by atoms with E-state index in [0.717, 1.165) is 49.3 Å². The predicted molar refractivity (Wildman–Crippen MR) is 144 cm³/mol. The fourth-order valence-electron chi connectivity index (χ4n) is 3.99. The van der Waals surface area contributed by atoms with Gasteiger partial charge in [-0.25, -0.2) is 23.6 Å². The summed E-state index contributed by atoms with van der Waals surface area (Å²) in [6, 6.07) is 0. The summed E-state index contributed by atoms with van der Waals surface area (Å²) < 4.78 is 47.4. The summed E-state index contributed by atoms with van der Waals surface area (Å²) >= 11 is 0. The Labute approximate surface area is 239 Å². The number of nitrogens with zero attached hydrogens (tertiary/aromatic N) is 2. The van der Waals surface area contributed by atoms with Crippen LogP contribution in [0.15, 0.2) is 11.0 Å². The van der Waals surface area contributed by atoms with E-state index < -0.39 is 60.3 Å². The number of hydrogen-bond donors (Lipinski definition) is 1. The third kappa shape index (κ3) is 11.2. The fourth-order valence-corrected chi connectivity index (χ4v) is 3.99. The molecular weight excluding hydrogens is 545 g/mol. The lowest BCUT2D eigenvalue weighted by Crippen LogP contribution is -2.41. The Bertz CT molecular complexity index is 1040. The first-order valence-electron chi connectivity index (χ1n) is 14.3. The van der Waals surface area contributed by atoms with E-state index in [0.29, 0.717) is 19.3 Å². The molecule has 1 aromatic heterocycles. The molecule has 13 nitrogen and oxygen atoms in total. The molecule has 1 aliphatic heterocycles. The second kappa shape index (κ2) is 18.1. The van der Waals surface area contributed by atoms with Gasteiger partial charge >= 0.3 is 24.1 Å². The average molecular weight is 588 g/mol. The molecule has 1 aliphatic rings. The molecular formula is C27H42FN3O10. The minimum atomic E-state index is -1.43. The van der Waals surface area contributed by atoms with Crippen molar-refractivity contribution in [2.24, 2.45) is 0 Å². The summed E-state index contributed by atoms with van der Waals surface area (Å²) in [5.41, 5.74) is -1.03. The van der Waals surface area contributed by atoms with Crippen molar-refractivity contribution < 1.29 is 47.2 Å². The quantitative estimate of drug-likeness (QED) is 0.149. The average Bonchev–Trinajstić information content (AvgIpc) is 3.23. The van der Waals surface area contributed by atoms with Gasteiger partial charge < -0.3 is 28.4 Å². The molecule has 0 radical (unpaired) electrons. The van der Waals surface area contributed by atoms with Crippen molar-refractivity contribution in [1.29, 1.82) is 0 Å². The van der Waals surface area contributed by atoms with E-state index in [9.17, 15) is 23.6 Å².